The van der Waals surface area contributed by atoms with Crippen LogP contribution in [0.25, 0.3) is 11.1 Å². The average Bonchev–Trinajstić information content (AvgIpc) is 2.71. The molecule has 0 amide bonds. The molecule has 90 valence electrons. The number of fused-ring (bicyclic) bond motifs is 1. The number of nitrogens with zero attached hydrogens (tertiary/aromatic N) is 1. The molecule has 1 fully saturated rings. The Hall–Kier alpha value is -0.870. The first-order valence-corrected chi connectivity index (χ1v) is 6.86. The summed E-state index contributed by atoms with van der Waals surface area (Å²) in [7, 11) is 0. The minimum Gasteiger partial charge on any atom is -0.441 e. The first kappa shape index (κ1) is 11.2. The molecular weight excluding hydrogens is 280 g/mol. The van der Waals surface area contributed by atoms with Crippen LogP contribution in [-0.2, 0) is 6.42 Å². The van der Waals surface area contributed by atoms with Gasteiger partial charge in [-0.15, -0.1) is 0 Å². The lowest BCUT2D eigenvalue weighted by Crippen LogP contribution is -2.30. The molecule has 0 saturated carbocycles. The van der Waals surface area contributed by atoms with E-state index in [2.05, 4.69) is 26.2 Å². The standard InChI is InChI=1S/C13H15BrN2O/c14-10-3-4-12-11(7-10)16-13(17-12)6-9-2-1-5-15-8-9/h3-4,7,9,15H,1-2,5-6,8H2. The van der Waals surface area contributed by atoms with E-state index in [1.54, 1.807) is 0 Å². The summed E-state index contributed by atoms with van der Waals surface area (Å²) in [4.78, 5) is 4.54. The van der Waals surface area contributed by atoms with Crippen molar-refractivity contribution >= 4 is 27.0 Å². The van der Waals surface area contributed by atoms with Crippen molar-refractivity contribution in [3.63, 3.8) is 0 Å². The third-order valence-electron chi connectivity index (χ3n) is 3.26. The molecule has 0 radical (unpaired) electrons. The van der Waals surface area contributed by atoms with Gasteiger partial charge < -0.3 is 9.73 Å². The van der Waals surface area contributed by atoms with E-state index in [4.69, 9.17) is 4.42 Å². The largest absolute Gasteiger partial charge is 0.441 e. The third kappa shape index (κ3) is 2.53. The summed E-state index contributed by atoms with van der Waals surface area (Å²) in [5, 5.41) is 3.42. The summed E-state index contributed by atoms with van der Waals surface area (Å²) < 4.78 is 6.81. The highest BCUT2D eigenvalue weighted by Crippen LogP contribution is 2.23. The van der Waals surface area contributed by atoms with E-state index >= 15 is 0 Å². The SMILES string of the molecule is Brc1ccc2oc(CC3CCCNC3)nc2c1. The van der Waals surface area contributed by atoms with Crippen LogP contribution in [0.5, 0.6) is 0 Å². The molecule has 1 saturated heterocycles. The van der Waals surface area contributed by atoms with E-state index in [9.17, 15) is 0 Å². The number of aromatic nitrogens is 1. The van der Waals surface area contributed by atoms with Gasteiger partial charge >= 0.3 is 0 Å². The maximum absolute atomic E-state index is 5.77. The molecule has 1 aromatic carbocycles. The van der Waals surface area contributed by atoms with Gasteiger partial charge in [-0.25, -0.2) is 4.98 Å². The van der Waals surface area contributed by atoms with Crippen LogP contribution >= 0.6 is 15.9 Å². The minimum atomic E-state index is 0.667. The molecule has 1 aromatic heterocycles. The van der Waals surface area contributed by atoms with E-state index in [-0.39, 0.29) is 0 Å². The lowest BCUT2D eigenvalue weighted by atomic mass is 9.96. The molecule has 0 bridgehead atoms. The van der Waals surface area contributed by atoms with Crippen LogP contribution in [0.15, 0.2) is 27.1 Å². The fourth-order valence-corrected chi connectivity index (χ4v) is 2.73. The van der Waals surface area contributed by atoms with Gasteiger partial charge in [0.1, 0.15) is 5.52 Å². The van der Waals surface area contributed by atoms with Crippen molar-refractivity contribution in [1.29, 1.82) is 0 Å². The molecule has 0 spiro atoms. The molecule has 1 aliphatic heterocycles. The van der Waals surface area contributed by atoms with Crippen LogP contribution in [0.1, 0.15) is 18.7 Å². The molecule has 1 aliphatic rings. The van der Waals surface area contributed by atoms with Crippen LogP contribution < -0.4 is 5.32 Å². The van der Waals surface area contributed by atoms with E-state index in [0.717, 1.165) is 41.0 Å². The van der Waals surface area contributed by atoms with Crippen molar-refractivity contribution in [3.05, 3.63) is 28.6 Å². The number of rotatable bonds is 2. The van der Waals surface area contributed by atoms with Crippen molar-refractivity contribution in [3.8, 4) is 0 Å². The molecule has 2 heterocycles. The summed E-state index contributed by atoms with van der Waals surface area (Å²) in [6.07, 6.45) is 3.48. The normalized spacial score (nSPS) is 20.9. The van der Waals surface area contributed by atoms with Gasteiger partial charge in [-0.05, 0) is 50.0 Å². The second-order valence-corrected chi connectivity index (χ2v) is 5.55. The van der Waals surface area contributed by atoms with Crippen molar-refractivity contribution in [2.24, 2.45) is 5.92 Å². The van der Waals surface area contributed by atoms with E-state index in [1.165, 1.54) is 12.8 Å². The lowest BCUT2D eigenvalue weighted by molar-refractivity contribution is 0.349. The predicted octanol–water partition coefficient (Wildman–Crippen LogP) is 3.13. The fourth-order valence-electron chi connectivity index (χ4n) is 2.38. The average molecular weight is 295 g/mol. The van der Waals surface area contributed by atoms with E-state index in [1.807, 2.05) is 18.2 Å². The summed E-state index contributed by atoms with van der Waals surface area (Å²) in [6, 6.07) is 5.95. The molecule has 17 heavy (non-hydrogen) atoms. The van der Waals surface area contributed by atoms with Crippen LogP contribution in [0.3, 0.4) is 0 Å². The van der Waals surface area contributed by atoms with Crippen molar-refractivity contribution < 1.29 is 4.42 Å². The maximum atomic E-state index is 5.77. The smallest absolute Gasteiger partial charge is 0.195 e. The molecule has 3 rings (SSSR count). The van der Waals surface area contributed by atoms with Crippen LogP contribution in [0.4, 0.5) is 0 Å². The second kappa shape index (κ2) is 4.78. The second-order valence-electron chi connectivity index (χ2n) is 4.64. The summed E-state index contributed by atoms with van der Waals surface area (Å²) in [6.45, 7) is 2.24. The highest BCUT2D eigenvalue weighted by molar-refractivity contribution is 9.10. The number of piperidine rings is 1. The van der Waals surface area contributed by atoms with Crippen LogP contribution in [0.2, 0.25) is 0 Å². The molecule has 2 aromatic rings. The predicted molar refractivity (Wildman–Crippen MR) is 71.0 cm³/mol. The molecular formula is C13H15BrN2O. The molecule has 4 heteroatoms. The van der Waals surface area contributed by atoms with Crippen molar-refractivity contribution in [2.45, 2.75) is 19.3 Å². The fraction of sp³-hybridized carbons (Fsp3) is 0.462. The highest BCUT2D eigenvalue weighted by Gasteiger charge is 2.16. The quantitative estimate of drug-likeness (QED) is 0.925. The van der Waals surface area contributed by atoms with Gasteiger partial charge in [0.2, 0.25) is 0 Å². The molecule has 1 N–H and O–H groups in total. The Morgan fingerprint density at radius 1 is 1.47 bits per heavy atom. The van der Waals surface area contributed by atoms with Crippen LogP contribution in [-0.4, -0.2) is 18.1 Å². The minimum absolute atomic E-state index is 0.667. The number of hydrogen-bond donors (Lipinski definition) is 1. The lowest BCUT2D eigenvalue weighted by Gasteiger charge is -2.21. The number of oxazole rings is 1. The Labute approximate surface area is 109 Å². The van der Waals surface area contributed by atoms with Crippen molar-refractivity contribution in [2.75, 3.05) is 13.1 Å². The number of benzene rings is 1. The molecule has 3 nitrogen and oxygen atoms in total. The third-order valence-corrected chi connectivity index (χ3v) is 3.75. The highest BCUT2D eigenvalue weighted by atomic mass is 79.9. The first-order valence-electron chi connectivity index (χ1n) is 6.07. The summed E-state index contributed by atoms with van der Waals surface area (Å²) >= 11 is 3.45. The first-order chi connectivity index (χ1) is 8.31. The van der Waals surface area contributed by atoms with Gasteiger partial charge in [0.25, 0.3) is 0 Å². The Bertz CT molecular complexity index is 517. The summed E-state index contributed by atoms with van der Waals surface area (Å²) in [5.41, 5.74) is 1.82. The van der Waals surface area contributed by atoms with Gasteiger partial charge in [-0.1, -0.05) is 15.9 Å². The van der Waals surface area contributed by atoms with Gasteiger partial charge in [0.15, 0.2) is 11.5 Å². The zero-order chi connectivity index (χ0) is 11.7. The molecule has 1 unspecified atom stereocenters. The monoisotopic (exact) mass is 294 g/mol. The van der Waals surface area contributed by atoms with Crippen LogP contribution in [0, 0.1) is 5.92 Å². The van der Waals surface area contributed by atoms with Gasteiger partial charge in [0, 0.05) is 10.9 Å². The zero-order valence-corrected chi connectivity index (χ0v) is 11.2. The van der Waals surface area contributed by atoms with Crippen molar-refractivity contribution in [1.82, 2.24) is 10.3 Å². The van der Waals surface area contributed by atoms with Gasteiger partial charge in [0.05, 0.1) is 0 Å². The maximum Gasteiger partial charge on any atom is 0.195 e. The number of hydrogen-bond acceptors (Lipinski definition) is 3. The Kier molecular flexibility index (Phi) is 3.16. The Balaban J connectivity index is 1.80. The summed E-state index contributed by atoms with van der Waals surface area (Å²) in [5.74, 6) is 1.53. The van der Waals surface area contributed by atoms with Gasteiger partial charge in [-0.3, -0.25) is 0 Å². The molecule has 1 atom stereocenters. The van der Waals surface area contributed by atoms with E-state index < -0.39 is 0 Å². The number of nitrogens with one attached hydrogen (secondary N) is 1. The topological polar surface area (TPSA) is 38.1 Å². The Morgan fingerprint density at radius 3 is 3.24 bits per heavy atom. The number of halogens is 1. The van der Waals surface area contributed by atoms with E-state index in [0.29, 0.717) is 5.92 Å². The van der Waals surface area contributed by atoms with Gasteiger partial charge in [-0.2, -0.15) is 0 Å². The zero-order valence-electron chi connectivity index (χ0n) is 9.58. The molecule has 0 aliphatic carbocycles. The Morgan fingerprint density at radius 2 is 2.41 bits per heavy atom.